The summed E-state index contributed by atoms with van der Waals surface area (Å²) in [5.41, 5.74) is 0.411. The Bertz CT molecular complexity index is 1030. The van der Waals surface area contributed by atoms with E-state index < -0.39 is 11.4 Å². The molecule has 1 amide bonds. The highest BCUT2D eigenvalue weighted by atomic mass is 16.7. The van der Waals surface area contributed by atoms with Crippen molar-refractivity contribution in [2.45, 2.75) is 26.4 Å². The van der Waals surface area contributed by atoms with Gasteiger partial charge in [0.15, 0.2) is 0 Å². The normalized spacial score (nSPS) is 10.8. The first-order valence-electron chi connectivity index (χ1n) is 9.34. The van der Waals surface area contributed by atoms with Crippen LogP contribution >= 0.6 is 0 Å². The van der Waals surface area contributed by atoms with Crippen LogP contribution in [0.15, 0.2) is 59.4 Å². The second-order valence-corrected chi connectivity index (χ2v) is 6.68. The van der Waals surface area contributed by atoms with Crippen LogP contribution in [0.4, 0.5) is 0 Å². The molecule has 0 spiro atoms. The molecule has 0 atom stereocenters. The standard InChI is InChI=1S/C22H24N2O4/c1-3-4-14-23(2)21(26)19-17-12-8-9-13-18(17)20(25)24(22(19)27)28-15-16-10-6-5-7-11-16/h5-13,27H,3-4,14-15H2,1-2H3. The van der Waals surface area contributed by atoms with Crippen LogP contribution in [0.5, 0.6) is 5.88 Å². The molecular formula is C22H24N2O4. The van der Waals surface area contributed by atoms with Gasteiger partial charge in [-0.1, -0.05) is 61.9 Å². The van der Waals surface area contributed by atoms with Gasteiger partial charge in [0.1, 0.15) is 12.2 Å². The largest absolute Gasteiger partial charge is 0.492 e. The van der Waals surface area contributed by atoms with Gasteiger partial charge in [-0.3, -0.25) is 9.59 Å². The van der Waals surface area contributed by atoms with Crippen LogP contribution in [0.3, 0.4) is 0 Å². The number of fused-ring (bicyclic) bond motifs is 1. The fraction of sp³-hybridized carbons (Fsp3) is 0.273. The van der Waals surface area contributed by atoms with E-state index in [9.17, 15) is 14.7 Å². The lowest BCUT2D eigenvalue weighted by Gasteiger charge is -2.20. The Morgan fingerprint density at radius 3 is 2.39 bits per heavy atom. The number of aromatic nitrogens is 1. The van der Waals surface area contributed by atoms with E-state index in [1.165, 1.54) is 0 Å². The third-order valence-electron chi connectivity index (χ3n) is 4.64. The second kappa shape index (κ2) is 8.61. The number of benzene rings is 2. The predicted molar refractivity (Wildman–Crippen MR) is 108 cm³/mol. The number of carbonyl (C=O) groups is 1. The van der Waals surface area contributed by atoms with Gasteiger partial charge in [0.2, 0.25) is 5.88 Å². The molecule has 0 radical (unpaired) electrons. The zero-order valence-electron chi connectivity index (χ0n) is 16.1. The van der Waals surface area contributed by atoms with Crippen LogP contribution in [0.25, 0.3) is 10.8 Å². The van der Waals surface area contributed by atoms with Gasteiger partial charge in [0.25, 0.3) is 11.5 Å². The molecule has 0 aliphatic heterocycles. The van der Waals surface area contributed by atoms with E-state index in [1.54, 1.807) is 36.2 Å². The summed E-state index contributed by atoms with van der Waals surface area (Å²) in [7, 11) is 1.69. The Kier molecular flexibility index (Phi) is 5.99. The molecule has 0 unspecified atom stereocenters. The third kappa shape index (κ3) is 3.86. The number of aromatic hydroxyl groups is 1. The Balaban J connectivity index is 2.07. The minimum atomic E-state index is -0.503. The molecule has 0 saturated carbocycles. The van der Waals surface area contributed by atoms with Gasteiger partial charge < -0.3 is 14.8 Å². The Labute approximate surface area is 163 Å². The average molecular weight is 380 g/mol. The first-order valence-corrected chi connectivity index (χ1v) is 9.34. The van der Waals surface area contributed by atoms with Crippen molar-refractivity contribution in [2.24, 2.45) is 0 Å². The summed E-state index contributed by atoms with van der Waals surface area (Å²) < 4.78 is 0.816. The minimum absolute atomic E-state index is 0.0712. The highest BCUT2D eigenvalue weighted by Crippen LogP contribution is 2.25. The topological polar surface area (TPSA) is 71.8 Å². The van der Waals surface area contributed by atoms with Gasteiger partial charge >= 0.3 is 0 Å². The van der Waals surface area contributed by atoms with Gasteiger partial charge in [-0.05, 0) is 18.1 Å². The van der Waals surface area contributed by atoms with Crippen LogP contribution in [-0.2, 0) is 6.61 Å². The van der Waals surface area contributed by atoms with Crippen molar-refractivity contribution < 1.29 is 14.7 Å². The summed E-state index contributed by atoms with van der Waals surface area (Å²) in [6, 6.07) is 16.1. The lowest BCUT2D eigenvalue weighted by atomic mass is 10.1. The summed E-state index contributed by atoms with van der Waals surface area (Å²) in [4.78, 5) is 33.0. The van der Waals surface area contributed by atoms with E-state index in [1.807, 2.05) is 37.3 Å². The molecule has 1 aromatic heterocycles. The van der Waals surface area contributed by atoms with E-state index in [-0.39, 0.29) is 18.1 Å². The molecule has 0 aliphatic rings. The van der Waals surface area contributed by atoms with E-state index >= 15 is 0 Å². The van der Waals surface area contributed by atoms with E-state index in [2.05, 4.69) is 0 Å². The van der Waals surface area contributed by atoms with E-state index in [0.717, 1.165) is 23.1 Å². The molecule has 0 bridgehead atoms. The molecule has 146 valence electrons. The maximum atomic E-state index is 13.0. The molecular weight excluding hydrogens is 356 g/mol. The molecule has 3 rings (SSSR count). The molecule has 1 N–H and O–H groups in total. The lowest BCUT2D eigenvalue weighted by Crippen LogP contribution is -2.32. The molecule has 2 aromatic carbocycles. The van der Waals surface area contributed by atoms with Gasteiger partial charge in [0.05, 0.1) is 5.39 Å². The quantitative estimate of drug-likeness (QED) is 0.683. The Morgan fingerprint density at radius 1 is 1.07 bits per heavy atom. The van der Waals surface area contributed by atoms with Crippen molar-refractivity contribution in [3.8, 4) is 5.88 Å². The first kappa shape index (κ1) is 19.5. The number of hydrogen-bond donors (Lipinski definition) is 1. The number of rotatable bonds is 7. The van der Waals surface area contributed by atoms with Crippen LogP contribution in [-0.4, -0.2) is 34.2 Å². The van der Waals surface area contributed by atoms with Crippen LogP contribution in [0, 0.1) is 0 Å². The van der Waals surface area contributed by atoms with Crippen molar-refractivity contribution in [1.82, 2.24) is 9.63 Å². The first-order chi connectivity index (χ1) is 13.5. The zero-order chi connectivity index (χ0) is 20.1. The number of unbranched alkanes of at least 4 members (excludes halogenated alkanes) is 1. The molecule has 0 aliphatic carbocycles. The second-order valence-electron chi connectivity index (χ2n) is 6.68. The van der Waals surface area contributed by atoms with E-state index in [0.29, 0.717) is 17.3 Å². The van der Waals surface area contributed by atoms with Crippen molar-refractivity contribution in [2.75, 3.05) is 13.6 Å². The van der Waals surface area contributed by atoms with Gasteiger partial charge in [-0.25, -0.2) is 0 Å². The van der Waals surface area contributed by atoms with E-state index in [4.69, 9.17) is 4.84 Å². The van der Waals surface area contributed by atoms with Crippen molar-refractivity contribution in [3.05, 3.63) is 76.1 Å². The van der Waals surface area contributed by atoms with Crippen molar-refractivity contribution >= 4 is 16.7 Å². The highest BCUT2D eigenvalue weighted by Gasteiger charge is 2.24. The molecule has 6 heteroatoms. The van der Waals surface area contributed by atoms with Crippen molar-refractivity contribution in [3.63, 3.8) is 0 Å². The molecule has 28 heavy (non-hydrogen) atoms. The SMILES string of the molecule is CCCCN(C)C(=O)c1c(O)n(OCc2ccccc2)c(=O)c2ccccc12. The van der Waals surface area contributed by atoms with Crippen molar-refractivity contribution in [1.29, 1.82) is 0 Å². The maximum Gasteiger partial charge on any atom is 0.294 e. The highest BCUT2D eigenvalue weighted by molar-refractivity contribution is 6.08. The van der Waals surface area contributed by atoms with Gasteiger partial charge in [0, 0.05) is 19.0 Å². The zero-order valence-corrected chi connectivity index (χ0v) is 16.1. The van der Waals surface area contributed by atoms with Crippen LogP contribution < -0.4 is 10.4 Å². The lowest BCUT2D eigenvalue weighted by molar-refractivity contribution is 0.0667. The number of amides is 1. The average Bonchev–Trinajstić information content (AvgIpc) is 2.72. The number of hydrogen-bond acceptors (Lipinski definition) is 4. The summed E-state index contributed by atoms with van der Waals surface area (Å²) in [5.74, 6) is -0.827. The molecule has 0 fully saturated rings. The predicted octanol–water partition coefficient (Wildman–Crippen LogP) is 3.21. The summed E-state index contributed by atoms with van der Waals surface area (Å²) in [6.07, 6.45) is 1.80. The smallest absolute Gasteiger partial charge is 0.294 e. The fourth-order valence-electron chi connectivity index (χ4n) is 3.05. The molecule has 0 saturated heterocycles. The fourth-order valence-corrected chi connectivity index (χ4v) is 3.05. The molecule has 3 aromatic rings. The molecule has 1 heterocycles. The monoisotopic (exact) mass is 380 g/mol. The maximum absolute atomic E-state index is 13.0. The molecule has 6 nitrogen and oxygen atoms in total. The Hall–Kier alpha value is -3.28. The minimum Gasteiger partial charge on any atom is -0.492 e. The summed E-state index contributed by atoms with van der Waals surface area (Å²) >= 11 is 0. The van der Waals surface area contributed by atoms with Gasteiger partial charge in [-0.2, -0.15) is 0 Å². The number of pyridine rings is 1. The van der Waals surface area contributed by atoms with Crippen LogP contribution in [0.1, 0.15) is 35.7 Å². The summed E-state index contributed by atoms with van der Waals surface area (Å²) in [5, 5.41) is 11.5. The number of nitrogens with zero attached hydrogens (tertiary/aromatic N) is 2. The number of carbonyl (C=O) groups excluding carboxylic acids is 1. The Morgan fingerprint density at radius 2 is 1.71 bits per heavy atom. The van der Waals surface area contributed by atoms with Gasteiger partial charge in [-0.15, -0.1) is 4.73 Å². The van der Waals surface area contributed by atoms with Crippen LogP contribution in [0.2, 0.25) is 0 Å². The summed E-state index contributed by atoms with van der Waals surface area (Å²) in [6.45, 7) is 2.70. The third-order valence-corrected chi connectivity index (χ3v) is 4.64.